The zero-order valence-corrected chi connectivity index (χ0v) is 13.0. The number of esters is 1. The number of halogens is 1. The van der Waals surface area contributed by atoms with Crippen molar-refractivity contribution < 1.29 is 27.1 Å². The van der Waals surface area contributed by atoms with Crippen molar-refractivity contribution >= 4 is 27.6 Å². The molecule has 0 aromatic heterocycles. The standard InChI is InChI=1S/C15H13FN2O5S/c16-10-5-7-11(8-6-10)24(21,22)18-13-4-2-1-3-12(13)15(20)23-9-14(17)19/h1-8,18H,9H2,(H2,17,19). The van der Waals surface area contributed by atoms with Crippen molar-refractivity contribution in [2.24, 2.45) is 5.73 Å². The molecule has 0 saturated heterocycles. The zero-order valence-electron chi connectivity index (χ0n) is 12.2. The number of hydrogen-bond acceptors (Lipinski definition) is 5. The van der Waals surface area contributed by atoms with Crippen molar-refractivity contribution in [3.63, 3.8) is 0 Å². The molecule has 0 bridgehead atoms. The van der Waals surface area contributed by atoms with Gasteiger partial charge in [-0.15, -0.1) is 0 Å². The smallest absolute Gasteiger partial charge is 0.340 e. The number of primary amides is 1. The second-order valence-electron chi connectivity index (χ2n) is 4.65. The Morgan fingerprint density at radius 3 is 2.33 bits per heavy atom. The second kappa shape index (κ2) is 7.09. The highest BCUT2D eigenvalue weighted by molar-refractivity contribution is 7.92. The lowest BCUT2D eigenvalue weighted by Gasteiger charge is -2.12. The molecular formula is C15H13FN2O5S. The third kappa shape index (κ3) is 4.29. The maximum Gasteiger partial charge on any atom is 0.340 e. The van der Waals surface area contributed by atoms with Gasteiger partial charge in [-0.1, -0.05) is 12.1 Å². The van der Waals surface area contributed by atoms with E-state index in [0.29, 0.717) is 0 Å². The Labute approximate surface area is 137 Å². The minimum Gasteiger partial charge on any atom is -0.452 e. The molecule has 24 heavy (non-hydrogen) atoms. The van der Waals surface area contributed by atoms with Crippen LogP contribution in [0.3, 0.4) is 0 Å². The molecule has 0 saturated carbocycles. The Bertz CT molecular complexity index is 866. The molecule has 2 aromatic rings. The monoisotopic (exact) mass is 352 g/mol. The fraction of sp³-hybridized carbons (Fsp3) is 0.0667. The van der Waals surface area contributed by atoms with Crippen LogP contribution in [0.5, 0.6) is 0 Å². The van der Waals surface area contributed by atoms with Crippen LogP contribution in [0.2, 0.25) is 0 Å². The molecule has 0 atom stereocenters. The predicted octanol–water partition coefficient (Wildman–Crippen LogP) is 1.27. The fourth-order valence-electron chi connectivity index (χ4n) is 1.78. The van der Waals surface area contributed by atoms with Crippen molar-refractivity contribution in [3.8, 4) is 0 Å². The molecule has 0 aliphatic heterocycles. The number of benzene rings is 2. The molecule has 126 valence electrons. The van der Waals surface area contributed by atoms with Crippen molar-refractivity contribution in [1.82, 2.24) is 0 Å². The summed E-state index contributed by atoms with van der Waals surface area (Å²) in [7, 11) is -4.03. The average Bonchev–Trinajstić information content (AvgIpc) is 2.53. The van der Waals surface area contributed by atoms with E-state index < -0.39 is 34.3 Å². The van der Waals surface area contributed by atoms with Crippen LogP contribution in [-0.4, -0.2) is 26.9 Å². The fourth-order valence-corrected chi connectivity index (χ4v) is 2.86. The van der Waals surface area contributed by atoms with E-state index in [4.69, 9.17) is 5.73 Å². The molecule has 0 aliphatic carbocycles. The molecule has 3 N–H and O–H groups in total. The summed E-state index contributed by atoms with van der Waals surface area (Å²) in [6.07, 6.45) is 0. The SMILES string of the molecule is NC(=O)COC(=O)c1ccccc1NS(=O)(=O)c1ccc(F)cc1. The van der Waals surface area contributed by atoms with Gasteiger partial charge in [-0.2, -0.15) is 0 Å². The van der Waals surface area contributed by atoms with E-state index >= 15 is 0 Å². The highest BCUT2D eigenvalue weighted by atomic mass is 32.2. The molecule has 2 aromatic carbocycles. The van der Waals surface area contributed by atoms with Gasteiger partial charge >= 0.3 is 5.97 Å². The zero-order chi connectivity index (χ0) is 17.7. The minimum absolute atomic E-state index is 0.0451. The van der Waals surface area contributed by atoms with Crippen LogP contribution < -0.4 is 10.5 Å². The summed E-state index contributed by atoms with van der Waals surface area (Å²) < 4.78 is 44.4. The largest absolute Gasteiger partial charge is 0.452 e. The summed E-state index contributed by atoms with van der Waals surface area (Å²) in [6.45, 7) is -0.627. The first-order valence-corrected chi connectivity index (χ1v) is 8.11. The summed E-state index contributed by atoms with van der Waals surface area (Å²) in [4.78, 5) is 22.4. The summed E-state index contributed by atoms with van der Waals surface area (Å²) >= 11 is 0. The Balaban J connectivity index is 2.28. The molecule has 0 unspecified atom stereocenters. The number of rotatable bonds is 6. The number of para-hydroxylation sites is 1. The van der Waals surface area contributed by atoms with Gasteiger partial charge < -0.3 is 10.5 Å². The van der Waals surface area contributed by atoms with Crippen LogP contribution >= 0.6 is 0 Å². The van der Waals surface area contributed by atoms with Crippen molar-refractivity contribution in [2.75, 3.05) is 11.3 Å². The first kappa shape index (κ1) is 17.4. The van der Waals surface area contributed by atoms with E-state index in [1.807, 2.05) is 0 Å². The van der Waals surface area contributed by atoms with Gasteiger partial charge in [0.2, 0.25) is 0 Å². The molecule has 9 heteroatoms. The molecule has 0 heterocycles. The molecule has 1 amide bonds. The van der Waals surface area contributed by atoms with E-state index in [2.05, 4.69) is 9.46 Å². The normalized spacial score (nSPS) is 10.9. The van der Waals surface area contributed by atoms with Crippen LogP contribution in [0.25, 0.3) is 0 Å². The summed E-state index contributed by atoms with van der Waals surface area (Å²) in [6, 6.07) is 9.86. The van der Waals surface area contributed by atoms with Crippen LogP contribution in [0.4, 0.5) is 10.1 Å². The van der Waals surface area contributed by atoms with Crippen LogP contribution in [-0.2, 0) is 19.6 Å². The third-order valence-corrected chi connectivity index (χ3v) is 4.24. The maximum atomic E-state index is 12.9. The van der Waals surface area contributed by atoms with Crippen LogP contribution in [0.1, 0.15) is 10.4 Å². The maximum absolute atomic E-state index is 12.9. The van der Waals surface area contributed by atoms with E-state index in [-0.39, 0.29) is 16.1 Å². The van der Waals surface area contributed by atoms with Gasteiger partial charge in [-0.3, -0.25) is 9.52 Å². The lowest BCUT2D eigenvalue weighted by molar-refractivity contribution is -0.121. The minimum atomic E-state index is -4.03. The number of anilines is 1. The van der Waals surface area contributed by atoms with E-state index in [1.165, 1.54) is 24.3 Å². The predicted molar refractivity (Wildman–Crippen MR) is 83.1 cm³/mol. The van der Waals surface area contributed by atoms with E-state index in [9.17, 15) is 22.4 Å². The first-order valence-electron chi connectivity index (χ1n) is 6.62. The van der Waals surface area contributed by atoms with Crippen LogP contribution in [0, 0.1) is 5.82 Å². The quantitative estimate of drug-likeness (QED) is 0.760. The van der Waals surface area contributed by atoms with Crippen LogP contribution in [0.15, 0.2) is 53.4 Å². The molecule has 0 spiro atoms. The number of hydrogen-bond donors (Lipinski definition) is 2. The van der Waals surface area contributed by atoms with Gasteiger partial charge in [0.05, 0.1) is 16.1 Å². The third-order valence-electron chi connectivity index (χ3n) is 2.86. The molecule has 2 rings (SSSR count). The summed E-state index contributed by atoms with van der Waals surface area (Å²) in [5.74, 6) is -2.33. The van der Waals surface area contributed by atoms with E-state index in [0.717, 1.165) is 24.3 Å². The molecular weight excluding hydrogens is 339 g/mol. The average molecular weight is 352 g/mol. The molecule has 7 nitrogen and oxygen atoms in total. The molecule has 0 fully saturated rings. The lowest BCUT2D eigenvalue weighted by Crippen LogP contribution is -2.22. The molecule has 0 radical (unpaired) electrons. The van der Waals surface area contributed by atoms with Gasteiger partial charge in [0.15, 0.2) is 6.61 Å². The Kier molecular flexibility index (Phi) is 5.14. The number of nitrogens with one attached hydrogen (secondary N) is 1. The van der Waals surface area contributed by atoms with Crippen molar-refractivity contribution in [2.45, 2.75) is 4.90 Å². The number of nitrogens with two attached hydrogens (primary N) is 1. The summed E-state index contributed by atoms with van der Waals surface area (Å²) in [5, 5.41) is 0. The van der Waals surface area contributed by atoms with Crippen molar-refractivity contribution in [1.29, 1.82) is 0 Å². The second-order valence-corrected chi connectivity index (χ2v) is 6.33. The van der Waals surface area contributed by atoms with Gasteiger partial charge in [0, 0.05) is 0 Å². The Morgan fingerprint density at radius 1 is 1.08 bits per heavy atom. The Morgan fingerprint density at radius 2 is 1.71 bits per heavy atom. The van der Waals surface area contributed by atoms with Gasteiger partial charge in [0.25, 0.3) is 15.9 Å². The summed E-state index contributed by atoms with van der Waals surface area (Å²) in [5.41, 5.74) is 4.75. The highest BCUT2D eigenvalue weighted by Crippen LogP contribution is 2.21. The Hall–Kier alpha value is -2.94. The number of sulfonamides is 1. The first-order chi connectivity index (χ1) is 11.3. The van der Waals surface area contributed by atoms with Crippen molar-refractivity contribution in [3.05, 3.63) is 59.9 Å². The number of ether oxygens (including phenoxy) is 1. The van der Waals surface area contributed by atoms with Gasteiger partial charge in [-0.25, -0.2) is 17.6 Å². The van der Waals surface area contributed by atoms with E-state index in [1.54, 1.807) is 0 Å². The molecule has 0 aliphatic rings. The lowest BCUT2D eigenvalue weighted by atomic mass is 10.2. The number of carbonyl (C=O) groups is 2. The topological polar surface area (TPSA) is 116 Å². The van der Waals surface area contributed by atoms with Gasteiger partial charge in [0.1, 0.15) is 5.82 Å². The number of carbonyl (C=O) groups excluding carboxylic acids is 2. The highest BCUT2D eigenvalue weighted by Gasteiger charge is 2.19. The number of amides is 1. The van der Waals surface area contributed by atoms with Gasteiger partial charge in [-0.05, 0) is 36.4 Å².